The van der Waals surface area contributed by atoms with Crippen LogP contribution in [0.25, 0.3) is 0 Å². The van der Waals surface area contributed by atoms with Crippen molar-refractivity contribution in [1.29, 1.82) is 0 Å². The van der Waals surface area contributed by atoms with Crippen molar-refractivity contribution in [2.24, 2.45) is 11.7 Å². The van der Waals surface area contributed by atoms with Crippen LogP contribution in [0.1, 0.15) is 19.4 Å². The minimum absolute atomic E-state index is 0. The van der Waals surface area contributed by atoms with Crippen molar-refractivity contribution in [2.75, 3.05) is 25.1 Å². The number of rotatable bonds is 9. The monoisotopic (exact) mass is 378 g/mol. The van der Waals surface area contributed by atoms with Crippen LogP contribution in [0.3, 0.4) is 0 Å². The van der Waals surface area contributed by atoms with E-state index in [1.165, 1.54) is 0 Å². The van der Waals surface area contributed by atoms with E-state index in [4.69, 9.17) is 15.2 Å². The van der Waals surface area contributed by atoms with E-state index < -0.39 is 0 Å². The molecule has 142 valence electrons. The van der Waals surface area contributed by atoms with Gasteiger partial charge in [0.25, 0.3) is 0 Å². The maximum absolute atomic E-state index is 12.1. The van der Waals surface area contributed by atoms with Gasteiger partial charge in [0.1, 0.15) is 18.1 Å². The fraction of sp³-hybridized carbons (Fsp3) is 0.350. The number of hydrogen-bond donors (Lipinski definition) is 2. The van der Waals surface area contributed by atoms with E-state index in [0.29, 0.717) is 32.1 Å². The van der Waals surface area contributed by atoms with Crippen molar-refractivity contribution >= 4 is 24.0 Å². The number of halogens is 1. The second-order valence-electron chi connectivity index (χ2n) is 6.24. The van der Waals surface area contributed by atoms with E-state index in [9.17, 15) is 4.79 Å². The number of nitrogens with one attached hydrogen (secondary N) is 1. The average molecular weight is 379 g/mol. The maximum Gasteiger partial charge on any atom is 0.228 e. The number of anilines is 1. The summed E-state index contributed by atoms with van der Waals surface area (Å²) in [6, 6.07) is 14.9. The van der Waals surface area contributed by atoms with Gasteiger partial charge in [-0.1, -0.05) is 26.0 Å². The molecular formula is C20H27ClN2O3. The van der Waals surface area contributed by atoms with Crippen molar-refractivity contribution in [2.45, 2.75) is 20.3 Å². The van der Waals surface area contributed by atoms with E-state index >= 15 is 0 Å². The Kier molecular flexibility index (Phi) is 9.55. The van der Waals surface area contributed by atoms with Gasteiger partial charge >= 0.3 is 0 Å². The molecule has 26 heavy (non-hydrogen) atoms. The van der Waals surface area contributed by atoms with E-state index in [1.54, 1.807) is 0 Å². The van der Waals surface area contributed by atoms with Crippen LogP contribution in [-0.4, -0.2) is 25.7 Å². The molecule has 2 aromatic carbocycles. The Balaban J connectivity index is 0.00000338. The number of carbonyl (C=O) groups is 1. The van der Waals surface area contributed by atoms with Crippen molar-refractivity contribution in [1.82, 2.24) is 0 Å². The Morgan fingerprint density at radius 2 is 1.58 bits per heavy atom. The summed E-state index contributed by atoms with van der Waals surface area (Å²) in [5.74, 6) is 1.98. The molecule has 0 aromatic heterocycles. The van der Waals surface area contributed by atoms with Gasteiger partial charge < -0.3 is 20.5 Å². The van der Waals surface area contributed by atoms with Gasteiger partial charge in [0, 0.05) is 12.2 Å². The molecule has 0 saturated carbocycles. The quantitative estimate of drug-likeness (QED) is 0.698. The van der Waals surface area contributed by atoms with Gasteiger partial charge in [0.15, 0.2) is 0 Å². The number of amides is 1. The highest BCUT2D eigenvalue weighted by molar-refractivity contribution is 5.92. The van der Waals surface area contributed by atoms with Crippen LogP contribution in [-0.2, 0) is 11.2 Å². The summed E-state index contributed by atoms with van der Waals surface area (Å²) in [6.07, 6.45) is 0.315. The highest BCUT2D eigenvalue weighted by atomic mass is 35.5. The first-order chi connectivity index (χ1) is 12.1. The summed E-state index contributed by atoms with van der Waals surface area (Å²) in [7, 11) is 0. The highest BCUT2D eigenvalue weighted by Gasteiger charge is 2.05. The molecule has 5 nitrogen and oxygen atoms in total. The topological polar surface area (TPSA) is 73.6 Å². The van der Waals surface area contributed by atoms with Gasteiger partial charge in [0.2, 0.25) is 5.91 Å². The van der Waals surface area contributed by atoms with Crippen molar-refractivity contribution < 1.29 is 14.3 Å². The van der Waals surface area contributed by atoms with Crippen molar-refractivity contribution in [3.8, 4) is 11.5 Å². The third-order valence-corrected chi connectivity index (χ3v) is 3.40. The van der Waals surface area contributed by atoms with E-state index in [1.807, 2.05) is 48.5 Å². The van der Waals surface area contributed by atoms with E-state index in [2.05, 4.69) is 19.2 Å². The Bertz CT molecular complexity index is 658. The fourth-order valence-corrected chi connectivity index (χ4v) is 2.17. The molecular weight excluding hydrogens is 352 g/mol. The minimum atomic E-state index is -0.0634. The summed E-state index contributed by atoms with van der Waals surface area (Å²) in [4.78, 5) is 12.1. The molecule has 1 amide bonds. The first-order valence-corrected chi connectivity index (χ1v) is 8.51. The Morgan fingerprint density at radius 3 is 2.15 bits per heavy atom. The number of carbonyl (C=O) groups excluding carboxylic acids is 1. The van der Waals surface area contributed by atoms with Crippen LogP contribution in [0, 0.1) is 5.92 Å². The first-order valence-electron chi connectivity index (χ1n) is 8.51. The molecule has 0 radical (unpaired) electrons. The third kappa shape index (κ3) is 7.76. The molecule has 3 N–H and O–H groups in total. The maximum atomic E-state index is 12.1. The molecule has 0 spiro atoms. The molecule has 6 heteroatoms. The lowest BCUT2D eigenvalue weighted by Gasteiger charge is -2.10. The average Bonchev–Trinajstić information content (AvgIpc) is 2.60. The fourth-order valence-electron chi connectivity index (χ4n) is 2.17. The Labute approximate surface area is 161 Å². The van der Waals surface area contributed by atoms with Gasteiger partial charge in [0.05, 0.1) is 13.0 Å². The highest BCUT2D eigenvalue weighted by Crippen LogP contribution is 2.17. The molecule has 0 bridgehead atoms. The van der Waals surface area contributed by atoms with Crippen LogP contribution in [0.5, 0.6) is 11.5 Å². The zero-order valence-corrected chi connectivity index (χ0v) is 16.1. The van der Waals surface area contributed by atoms with Crippen LogP contribution in [0.2, 0.25) is 0 Å². The third-order valence-electron chi connectivity index (χ3n) is 3.40. The standard InChI is InChI=1S/C20H26N2O3.ClH/c1-15(2)14-25-19-7-3-16(4-8-19)13-20(23)22-17-5-9-18(10-6-17)24-12-11-21;/h3-10,15H,11-14,21H2,1-2H3,(H,22,23);1H. The summed E-state index contributed by atoms with van der Waals surface area (Å²) in [6.45, 7) is 5.85. The van der Waals surface area contributed by atoms with E-state index in [0.717, 1.165) is 22.7 Å². The molecule has 0 atom stereocenters. The van der Waals surface area contributed by atoms with Gasteiger partial charge in [-0.05, 0) is 47.9 Å². The van der Waals surface area contributed by atoms with Crippen LogP contribution < -0.4 is 20.5 Å². The Morgan fingerprint density at radius 1 is 1.00 bits per heavy atom. The molecule has 2 aromatic rings. The second kappa shape index (κ2) is 11.4. The molecule has 0 fully saturated rings. The largest absolute Gasteiger partial charge is 0.493 e. The summed E-state index contributed by atoms with van der Waals surface area (Å²) < 4.78 is 11.0. The van der Waals surface area contributed by atoms with E-state index in [-0.39, 0.29) is 18.3 Å². The smallest absolute Gasteiger partial charge is 0.228 e. The second-order valence-corrected chi connectivity index (χ2v) is 6.24. The molecule has 0 aliphatic rings. The molecule has 0 heterocycles. The summed E-state index contributed by atoms with van der Waals surface area (Å²) >= 11 is 0. The lowest BCUT2D eigenvalue weighted by molar-refractivity contribution is -0.115. The normalized spacial score (nSPS) is 10.2. The molecule has 0 saturated heterocycles. The lowest BCUT2D eigenvalue weighted by Crippen LogP contribution is -2.14. The number of nitrogens with two attached hydrogens (primary N) is 1. The van der Waals surface area contributed by atoms with Crippen molar-refractivity contribution in [3.63, 3.8) is 0 Å². The van der Waals surface area contributed by atoms with Gasteiger partial charge in [-0.25, -0.2) is 0 Å². The van der Waals surface area contributed by atoms with Gasteiger partial charge in [-0.15, -0.1) is 12.4 Å². The number of ether oxygens (including phenoxy) is 2. The molecule has 0 aliphatic carbocycles. The van der Waals surface area contributed by atoms with Crippen LogP contribution in [0.15, 0.2) is 48.5 Å². The van der Waals surface area contributed by atoms with Gasteiger partial charge in [-0.2, -0.15) is 0 Å². The number of hydrogen-bond acceptors (Lipinski definition) is 4. The first kappa shape index (κ1) is 21.8. The van der Waals surface area contributed by atoms with Gasteiger partial charge in [-0.3, -0.25) is 4.79 Å². The van der Waals surface area contributed by atoms with Crippen LogP contribution >= 0.6 is 12.4 Å². The summed E-state index contributed by atoms with van der Waals surface area (Å²) in [5.41, 5.74) is 7.07. The SMILES string of the molecule is CC(C)COc1ccc(CC(=O)Nc2ccc(OCCN)cc2)cc1.Cl. The molecule has 2 rings (SSSR count). The molecule has 0 aliphatic heterocycles. The predicted molar refractivity (Wildman–Crippen MR) is 107 cm³/mol. The number of benzene rings is 2. The summed E-state index contributed by atoms with van der Waals surface area (Å²) in [5, 5.41) is 2.88. The predicted octanol–water partition coefficient (Wildman–Crippen LogP) is 3.66. The molecule has 0 unspecified atom stereocenters. The Hall–Kier alpha value is -2.24. The zero-order chi connectivity index (χ0) is 18.1. The zero-order valence-electron chi connectivity index (χ0n) is 15.2. The minimum Gasteiger partial charge on any atom is -0.493 e. The van der Waals surface area contributed by atoms with Crippen molar-refractivity contribution in [3.05, 3.63) is 54.1 Å². The lowest BCUT2D eigenvalue weighted by atomic mass is 10.1. The van der Waals surface area contributed by atoms with Crippen LogP contribution in [0.4, 0.5) is 5.69 Å².